The van der Waals surface area contributed by atoms with Gasteiger partial charge in [0.15, 0.2) is 0 Å². The number of thiol groups is 1. The third-order valence-corrected chi connectivity index (χ3v) is 3.34. The average molecular weight is 377 g/mol. The molecular weight excluding hydrogens is 351 g/mol. The van der Waals surface area contributed by atoms with Gasteiger partial charge in [-0.05, 0) is 32.1 Å². The Kier molecular flexibility index (Phi) is 8.84. The van der Waals surface area contributed by atoms with Gasteiger partial charge in [0.2, 0.25) is 0 Å². The highest BCUT2D eigenvalue weighted by atomic mass is 32.1. The standard InChI is InChI=1S/C15H15FN6.C2H6.CH4S/c1-4-13-12(14-9(2)5-17-10(3)20-14)8-22(21-13)11-6-18-15(16)19-7-11;2*1-2/h5-8H,4H2,1-3H3;1-2H3;2H,1H3. The smallest absolute Gasteiger partial charge is 0.241 e. The molecule has 3 aromatic rings. The van der Waals surface area contributed by atoms with E-state index in [2.05, 4.69) is 37.7 Å². The molecule has 0 fully saturated rings. The second-order valence-electron chi connectivity index (χ2n) is 4.95. The van der Waals surface area contributed by atoms with Crippen molar-refractivity contribution in [3.8, 4) is 16.9 Å². The second-order valence-corrected chi connectivity index (χ2v) is 4.95. The van der Waals surface area contributed by atoms with Crippen molar-refractivity contribution in [2.75, 3.05) is 6.26 Å². The van der Waals surface area contributed by atoms with Gasteiger partial charge in [-0.2, -0.15) is 22.1 Å². The van der Waals surface area contributed by atoms with Gasteiger partial charge in [0.05, 0.1) is 23.8 Å². The fourth-order valence-electron chi connectivity index (χ4n) is 2.23. The van der Waals surface area contributed by atoms with Crippen LogP contribution in [0.4, 0.5) is 4.39 Å². The van der Waals surface area contributed by atoms with Gasteiger partial charge in [0.25, 0.3) is 0 Å². The first kappa shape index (κ1) is 21.7. The van der Waals surface area contributed by atoms with E-state index < -0.39 is 6.08 Å². The van der Waals surface area contributed by atoms with Crippen molar-refractivity contribution < 1.29 is 4.39 Å². The zero-order valence-corrected chi connectivity index (χ0v) is 16.9. The largest absolute Gasteiger partial charge is 0.308 e. The molecule has 0 saturated carbocycles. The third-order valence-electron chi connectivity index (χ3n) is 3.34. The monoisotopic (exact) mass is 376 g/mol. The number of aromatic nitrogens is 6. The molecule has 0 bridgehead atoms. The van der Waals surface area contributed by atoms with Crippen LogP contribution in [0.15, 0.2) is 24.8 Å². The normalized spacial score (nSPS) is 9.69. The minimum Gasteiger partial charge on any atom is -0.241 e. The minimum atomic E-state index is -0.755. The quantitative estimate of drug-likeness (QED) is 0.552. The van der Waals surface area contributed by atoms with Crippen LogP contribution in [0.25, 0.3) is 16.9 Å². The van der Waals surface area contributed by atoms with E-state index >= 15 is 0 Å². The molecule has 140 valence electrons. The summed E-state index contributed by atoms with van der Waals surface area (Å²) in [5.74, 6) is 0.709. The lowest BCUT2D eigenvalue weighted by molar-refractivity contribution is 0.536. The average Bonchev–Trinajstić information content (AvgIpc) is 3.11. The van der Waals surface area contributed by atoms with E-state index in [0.29, 0.717) is 11.5 Å². The van der Waals surface area contributed by atoms with E-state index in [4.69, 9.17) is 0 Å². The van der Waals surface area contributed by atoms with Gasteiger partial charge in [-0.15, -0.1) is 0 Å². The van der Waals surface area contributed by atoms with E-state index in [1.165, 1.54) is 12.4 Å². The number of aryl methyl sites for hydroxylation is 3. The van der Waals surface area contributed by atoms with Crippen LogP contribution in [-0.4, -0.2) is 36.0 Å². The number of nitrogens with zero attached hydrogens (tertiary/aromatic N) is 6. The van der Waals surface area contributed by atoms with Gasteiger partial charge in [-0.1, -0.05) is 20.8 Å². The third kappa shape index (κ3) is 5.08. The Hall–Kier alpha value is -2.35. The molecule has 8 heteroatoms. The van der Waals surface area contributed by atoms with Crippen molar-refractivity contribution in [1.29, 1.82) is 0 Å². The fraction of sp³-hybridized carbons (Fsp3) is 0.389. The predicted molar refractivity (Wildman–Crippen MR) is 105 cm³/mol. The van der Waals surface area contributed by atoms with Gasteiger partial charge in [-0.25, -0.2) is 24.6 Å². The minimum absolute atomic E-state index is 0.603. The van der Waals surface area contributed by atoms with Crippen LogP contribution >= 0.6 is 12.6 Å². The Bertz CT molecular complexity index is 817. The fourth-order valence-corrected chi connectivity index (χ4v) is 2.23. The van der Waals surface area contributed by atoms with Crippen LogP contribution in [0.3, 0.4) is 0 Å². The summed E-state index contributed by atoms with van der Waals surface area (Å²) in [6, 6.07) is 0. The molecule has 0 aromatic carbocycles. The topological polar surface area (TPSA) is 69.4 Å². The number of rotatable bonds is 3. The van der Waals surface area contributed by atoms with Crippen LogP contribution in [0.5, 0.6) is 0 Å². The Morgan fingerprint density at radius 2 is 1.65 bits per heavy atom. The Morgan fingerprint density at radius 3 is 2.23 bits per heavy atom. The summed E-state index contributed by atoms with van der Waals surface area (Å²) in [5.41, 5.74) is 4.29. The molecule has 3 heterocycles. The molecule has 0 aliphatic carbocycles. The maximum atomic E-state index is 12.8. The Labute approximate surface area is 159 Å². The van der Waals surface area contributed by atoms with Crippen LogP contribution in [0.2, 0.25) is 0 Å². The molecule has 0 aliphatic rings. The van der Waals surface area contributed by atoms with Gasteiger partial charge in [0.1, 0.15) is 11.5 Å². The molecule has 0 saturated heterocycles. The number of halogens is 1. The first-order valence-electron chi connectivity index (χ1n) is 8.40. The maximum Gasteiger partial charge on any atom is 0.308 e. The molecular formula is C18H25FN6S. The molecule has 0 atom stereocenters. The van der Waals surface area contributed by atoms with Crippen molar-refractivity contribution in [2.24, 2.45) is 0 Å². The van der Waals surface area contributed by atoms with Crippen LogP contribution in [0.1, 0.15) is 37.9 Å². The summed E-state index contributed by atoms with van der Waals surface area (Å²) >= 11 is 3.53. The lowest BCUT2D eigenvalue weighted by Crippen LogP contribution is -1.99. The predicted octanol–water partition coefficient (Wildman–Crippen LogP) is 4.01. The van der Waals surface area contributed by atoms with Gasteiger partial charge < -0.3 is 0 Å². The van der Waals surface area contributed by atoms with Crippen LogP contribution < -0.4 is 0 Å². The van der Waals surface area contributed by atoms with Crippen LogP contribution in [-0.2, 0) is 6.42 Å². The number of hydrogen-bond acceptors (Lipinski definition) is 6. The second kappa shape index (κ2) is 10.6. The van der Waals surface area contributed by atoms with Gasteiger partial charge in [0, 0.05) is 18.0 Å². The van der Waals surface area contributed by atoms with E-state index in [1.54, 1.807) is 17.1 Å². The summed E-state index contributed by atoms with van der Waals surface area (Å²) in [6.45, 7) is 9.85. The first-order chi connectivity index (χ1) is 12.6. The Morgan fingerprint density at radius 1 is 1.04 bits per heavy atom. The summed E-state index contributed by atoms with van der Waals surface area (Å²) < 4.78 is 14.5. The zero-order chi connectivity index (χ0) is 19.7. The molecule has 6 nitrogen and oxygen atoms in total. The highest BCUT2D eigenvalue weighted by Crippen LogP contribution is 2.25. The van der Waals surface area contributed by atoms with Crippen molar-refractivity contribution in [3.05, 3.63) is 47.9 Å². The van der Waals surface area contributed by atoms with Crippen molar-refractivity contribution in [2.45, 2.75) is 41.0 Å². The Balaban J connectivity index is 0.000000791. The maximum absolute atomic E-state index is 12.8. The van der Waals surface area contributed by atoms with E-state index in [1.807, 2.05) is 40.8 Å². The zero-order valence-electron chi connectivity index (χ0n) is 16.0. The summed E-state index contributed by atoms with van der Waals surface area (Å²) in [4.78, 5) is 15.8. The van der Waals surface area contributed by atoms with E-state index in [-0.39, 0.29) is 0 Å². The van der Waals surface area contributed by atoms with Crippen molar-refractivity contribution >= 4 is 12.6 Å². The van der Waals surface area contributed by atoms with Crippen LogP contribution in [0, 0.1) is 19.9 Å². The SMILES string of the molecule is CC.CCc1nn(-c2cnc(F)nc2)cc1-c1nc(C)ncc1C.CS. The molecule has 0 amide bonds. The summed E-state index contributed by atoms with van der Waals surface area (Å²) in [7, 11) is 0. The molecule has 0 N–H and O–H groups in total. The molecule has 3 aromatic heterocycles. The van der Waals surface area contributed by atoms with E-state index in [0.717, 1.165) is 28.9 Å². The molecule has 3 rings (SSSR count). The molecule has 0 unspecified atom stereocenters. The highest BCUT2D eigenvalue weighted by molar-refractivity contribution is 7.79. The molecule has 0 aliphatic heterocycles. The van der Waals surface area contributed by atoms with Gasteiger partial charge in [-0.3, -0.25) is 0 Å². The number of hydrogen-bond donors (Lipinski definition) is 1. The molecule has 0 spiro atoms. The lowest BCUT2D eigenvalue weighted by atomic mass is 10.1. The summed E-state index contributed by atoms with van der Waals surface area (Å²) in [6.07, 6.45) is 8.16. The molecule has 26 heavy (non-hydrogen) atoms. The highest BCUT2D eigenvalue weighted by Gasteiger charge is 2.15. The summed E-state index contributed by atoms with van der Waals surface area (Å²) in [5, 5.41) is 4.53. The molecule has 0 radical (unpaired) electrons. The van der Waals surface area contributed by atoms with Crippen molar-refractivity contribution in [1.82, 2.24) is 29.7 Å². The van der Waals surface area contributed by atoms with Gasteiger partial charge >= 0.3 is 6.08 Å². The van der Waals surface area contributed by atoms with E-state index in [9.17, 15) is 4.39 Å². The lowest BCUT2D eigenvalue weighted by Gasteiger charge is -2.04. The first-order valence-corrected chi connectivity index (χ1v) is 9.29. The van der Waals surface area contributed by atoms with Crippen molar-refractivity contribution in [3.63, 3.8) is 0 Å².